The molecule has 0 aliphatic rings. The number of benzene rings is 1. The molecule has 3 heteroatoms. The summed E-state index contributed by atoms with van der Waals surface area (Å²) in [7, 11) is 0. The Morgan fingerprint density at radius 1 is 1.46 bits per heavy atom. The van der Waals surface area contributed by atoms with E-state index in [1.165, 1.54) is 6.07 Å². The number of hydrogen-bond donors (Lipinski definition) is 0. The summed E-state index contributed by atoms with van der Waals surface area (Å²) in [6, 6.07) is 4.67. The van der Waals surface area contributed by atoms with E-state index in [1.807, 2.05) is 0 Å². The van der Waals surface area contributed by atoms with Gasteiger partial charge in [-0.2, -0.15) is 0 Å². The minimum absolute atomic E-state index is 0.261. The van der Waals surface area contributed by atoms with E-state index in [4.69, 9.17) is 4.74 Å². The van der Waals surface area contributed by atoms with Crippen LogP contribution in [0.3, 0.4) is 0 Å². The first-order valence-electron chi connectivity index (χ1n) is 4.32. The van der Waals surface area contributed by atoms with E-state index in [9.17, 15) is 4.39 Å². The van der Waals surface area contributed by atoms with E-state index < -0.39 is 0 Å². The normalized spacial score (nSPS) is 10.1. The number of ether oxygens (including phenoxy) is 1. The Morgan fingerprint density at radius 3 is 2.85 bits per heavy atom. The van der Waals surface area contributed by atoms with E-state index in [2.05, 4.69) is 22.9 Å². The first kappa shape index (κ1) is 10.5. The molecule has 0 unspecified atom stereocenters. The van der Waals surface area contributed by atoms with Gasteiger partial charge in [-0.1, -0.05) is 13.3 Å². The molecule has 1 aromatic rings. The summed E-state index contributed by atoms with van der Waals surface area (Å²) >= 11 is 3.10. The fraction of sp³-hybridized carbons (Fsp3) is 0.400. The molecule has 1 rings (SSSR count). The molecule has 0 saturated heterocycles. The number of hydrogen-bond acceptors (Lipinski definition) is 1. The molecule has 0 spiro atoms. The SMILES string of the molecule is CCCCOc1ccc(F)c(Br)c1. The van der Waals surface area contributed by atoms with E-state index in [0.717, 1.165) is 12.8 Å². The largest absolute Gasteiger partial charge is 0.494 e. The molecule has 13 heavy (non-hydrogen) atoms. The first-order valence-corrected chi connectivity index (χ1v) is 5.11. The van der Waals surface area contributed by atoms with Gasteiger partial charge in [-0.25, -0.2) is 4.39 Å². The predicted molar refractivity (Wildman–Crippen MR) is 54.5 cm³/mol. The van der Waals surface area contributed by atoms with Crippen LogP contribution in [-0.2, 0) is 0 Å². The number of rotatable bonds is 4. The van der Waals surface area contributed by atoms with E-state index >= 15 is 0 Å². The van der Waals surface area contributed by atoms with Crippen molar-refractivity contribution in [3.05, 3.63) is 28.5 Å². The predicted octanol–water partition coefficient (Wildman–Crippen LogP) is 3.77. The Labute approximate surface area is 86.0 Å². The van der Waals surface area contributed by atoms with Crippen LogP contribution in [0.5, 0.6) is 5.75 Å². The summed E-state index contributed by atoms with van der Waals surface area (Å²) in [5, 5.41) is 0. The van der Waals surface area contributed by atoms with Crippen LogP contribution >= 0.6 is 15.9 Å². The van der Waals surface area contributed by atoms with Crippen molar-refractivity contribution < 1.29 is 9.13 Å². The van der Waals surface area contributed by atoms with Crippen molar-refractivity contribution in [1.29, 1.82) is 0 Å². The molecule has 0 heterocycles. The molecule has 0 bridgehead atoms. The van der Waals surface area contributed by atoms with Crippen LogP contribution in [0.4, 0.5) is 4.39 Å². The quantitative estimate of drug-likeness (QED) is 0.736. The number of unbranched alkanes of at least 4 members (excludes halogenated alkanes) is 1. The van der Waals surface area contributed by atoms with Crippen molar-refractivity contribution in [2.45, 2.75) is 19.8 Å². The van der Waals surface area contributed by atoms with Crippen molar-refractivity contribution >= 4 is 15.9 Å². The van der Waals surface area contributed by atoms with Crippen LogP contribution in [0.15, 0.2) is 22.7 Å². The Bertz CT molecular complexity index is 276. The second-order valence-corrected chi connectivity index (χ2v) is 3.63. The topological polar surface area (TPSA) is 9.23 Å². The molecule has 0 aromatic heterocycles. The molecule has 0 amide bonds. The van der Waals surface area contributed by atoms with E-state index in [1.54, 1.807) is 12.1 Å². The van der Waals surface area contributed by atoms with Gasteiger partial charge in [0.2, 0.25) is 0 Å². The van der Waals surface area contributed by atoms with Gasteiger partial charge >= 0.3 is 0 Å². The summed E-state index contributed by atoms with van der Waals surface area (Å²) in [6.45, 7) is 2.79. The van der Waals surface area contributed by atoms with Crippen molar-refractivity contribution in [2.75, 3.05) is 6.61 Å². The standard InChI is InChI=1S/C10H12BrFO/c1-2-3-6-13-8-4-5-10(12)9(11)7-8/h4-5,7H,2-3,6H2,1H3. The zero-order valence-electron chi connectivity index (χ0n) is 7.52. The summed E-state index contributed by atoms with van der Waals surface area (Å²) < 4.78 is 18.6. The summed E-state index contributed by atoms with van der Waals surface area (Å²) in [4.78, 5) is 0. The van der Waals surface area contributed by atoms with Gasteiger partial charge in [-0.3, -0.25) is 0 Å². The third kappa shape index (κ3) is 3.35. The average molecular weight is 247 g/mol. The molecule has 1 aromatic carbocycles. The van der Waals surface area contributed by atoms with Gasteiger partial charge in [-0.05, 0) is 40.5 Å². The Morgan fingerprint density at radius 2 is 2.23 bits per heavy atom. The van der Waals surface area contributed by atoms with Gasteiger partial charge < -0.3 is 4.74 Å². The lowest BCUT2D eigenvalue weighted by molar-refractivity contribution is 0.308. The van der Waals surface area contributed by atoms with Crippen LogP contribution < -0.4 is 4.74 Å². The van der Waals surface area contributed by atoms with E-state index in [-0.39, 0.29) is 5.82 Å². The molecule has 0 fully saturated rings. The maximum atomic E-state index is 12.8. The van der Waals surface area contributed by atoms with E-state index in [0.29, 0.717) is 16.8 Å². The van der Waals surface area contributed by atoms with Crippen molar-refractivity contribution in [2.24, 2.45) is 0 Å². The fourth-order valence-corrected chi connectivity index (χ4v) is 1.26. The van der Waals surface area contributed by atoms with Crippen LogP contribution in [0.1, 0.15) is 19.8 Å². The molecule has 0 N–H and O–H groups in total. The van der Waals surface area contributed by atoms with Crippen molar-refractivity contribution in [3.63, 3.8) is 0 Å². The maximum Gasteiger partial charge on any atom is 0.137 e. The second kappa shape index (κ2) is 5.22. The molecule has 72 valence electrons. The molecular formula is C10H12BrFO. The molecule has 0 saturated carbocycles. The highest BCUT2D eigenvalue weighted by atomic mass is 79.9. The summed E-state index contributed by atoms with van der Waals surface area (Å²) in [5.74, 6) is 0.449. The van der Waals surface area contributed by atoms with Gasteiger partial charge in [-0.15, -0.1) is 0 Å². The lowest BCUT2D eigenvalue weighted by Gasteiger charge is -2.05. The third-order valence-corrected chi connectivity index (χ3v) is 2.27. The molecular weight excluding hydrogens is 235 g/mol. The zero-order valence-corrected chi connectivity index (χ0v) is 9.10. The highest BCUT2D eigenvalue weighted by molar-refractivity contribution is 9.10. The van der Waals surface area contributed by atoms with Gasteiger partial charge in [0, 0.05) is 0 Å². The minimum atomic E-state index is -0.261. The van der Waals surface area contributed by atoms with Gasteiger partial charge in [0.15, 0.2) is 0 Å². The van der Waals surface area contributed by atoms with Gasteiger partial charge in [0.25, 0.3) is 0 Å². The van der Waals surface area contributed by atoms with Crippen LogP contribution in [0.2, 0.25) is 0 Å². The molecule has 0 aliphatic carbocycles. The van der Waals surface area contributed by atoms with Crippen LogP contribution in [-0.4, -0.2) is 6.61 Å². The van der Waals surface area contributed by atoms with Crippen LogP contribution in [0.25, 0.3) is 0 Å². The number of halogens is 2. The molecule has 0 aliphatic heterocycles. The smallest absolute Gasteiger partial charge is 0.137 e. The lowest BCUT2D eigenvalue weighted by atomic mass is 10.3. The maximum absolute atomic E-state index is 12.8. The lowest BCUT2D eigenvalue weighted by Crippen LogP contribution is -1.96. The minimum Gasteiger partial charge on any atom is -0.494 e. The zero-order chi connectivity index (χ0) is 9.68. The third-order valence-electron chi connectivity index (χ3n) is 1.66. The summed E-state index contributed by atoms with van der Waals surface area (Å²) in [6.07, 6.45) is 2.12. The highest BCUT2D eigenvalue weighted by Crippen LogP contribution is 2.21. The Kier molecular flexibility index (Phi) is 4.22. The fourth-order valence-electron chi connectivity index (χ4n) is 0.901. The monoisotopic (exact) mass is 246 g/mol. The summed E-state index contributed by atoms with van der Waals surface area (Å²) in [5.41, 5.74) is 0. The van der Waals surface area contributed by atoms with Crippen molar-refractivity contribution in [1.82, 2.24) is 0 Å². The second-order valence-electron chi connectivity index (χ2n) is 2.78. The molecule has 0 atom stereocenters. The Balaban J connectivity index is 2.53. The van der Waals surface area contributed by atoms with Crippen molar-refractivity contribution in [3.8, 4) is 5.75 Å². The van der Waals surface area contributed by atoms with Gasteiger partial charge in [0.1, 0.15) is 11.6 Å². The molecule has 1 nitrogen and oxygen atoms in total. The first-order chi connectivity index (χ1) is 6.24. The van der Waals surface area contributed by atoms with Crippen LogP contribution in [0, 0.1) is 5.82 Å². The average Bonchev–Trinajstić information content (AvgIpc) is 2.12. The highest BCUT2D eigenvalue weighted by Gasteiger charge is 2.00. The van der Waals surface area contributed by atoms with Gasteiger partial charge in [0.05, 0.1) is 11.1 Å². The molecule has 0 radical (unpaired) electrons. The Hall–Kier alpha value is -0.570.